The second kappa shape index (κ2) is 6.35. The number of nitro groups is 1. The van der Waals surface area contributed by atoms with E-state index in [9.17, 15) is 25.9 Å². The molecule has 0 aliphatic heterocycles. The van der Waals surface area contributed by atoms with Gasteiger partial charge < -0.3 is 5.73 Å². The lowest BCUT2D eigenvalue weighted by Gasteiger charge is -2.43. The first-order valence-electron chi connectivity index (χ1n) is 8.17. The highest BCUT2D eigenvalue weighted by Crippen LogP contribution is 2.55. The second-order valence-corrected chi connectivity index (χ2v) is 6.46. The maximum Gasteiger partial charge on any atom is 0.269 e. The zero-order valence-corrected chi connectivity index (χ0v) is 13.8. The summed E-state index contributed by atoms with van der Waals surface area (Å²) in [7, 11) is 0. The minimum absolute atomic E-state index is 0.0640. The number of rotatable bonds is 2. The van der Waals surface area contributed by atoms with E-state index in [0.29, 0.717) is 12.0 Å². The van der Waals surface area contributed by atoms with Crippen LogP contribution in [0.15, 0.2) is 47.2 Å². The molecule has 2 atom stereocenters. The van der Waals surface area contributed by atoms with Crippen molar-refractivity contribution in [2.45, 2.75) is 25.2 Å². The van der Waals surface area contributed by atoms with Gasteiger partial charge in [-0.15, -0.1) is 0 Å². The summed E-state index contributed by atoms with van der Waals surface area (Å²) in [4.78, 5) is 10.7. The first-order chi connectivity index (χ1) is 12.5. The maximum atomic E-state index is 11.2. The molecule has 7 nitrogen and oxygen atoms in total. The number of nitro benzene ring substituents is 1. The molecule has 3 rings (SSSR count). The lowest BCUT2D eigenvalue weighted by Crippen LogP contribution is -2.42. The molecule has 0 heterocycles. The van der Waals surface area contributed by atoms with E-state index in [4.69, 9.17) is 5.73 Å². The molecule has 7 heteroatoms. The molecule has 26 heavy (non-hydrogen) atoms. The molecule has 0 fully saturated rings. The molecule has 0 spiro atoms. The predicted molar refractivity (Wildman–Crippen MR) is 91.7 cm³/mol. The molecule has 0 aromatic heterocycles. The van der Waals surface area contributed by atoms with Gasteiger partial charge in [-0.1, -0.05) is 18.2 Å². The van der Waals surface area contributed by atoms with Gasteiger partial charge in [0.05, 0.1) is 28.3 Å². The normalized spacial score (nSPS) is 23.7. The Labute approximate surface area is 150 Å². The van der Waals surface area contributed by atoms with Crippen molar-refractivity contribution in [3.63, 3.8) is 0 Å². The summed E-state index contributed by atoms with van der Waals surface area (Å²) in [6.45, 7) is 0. The van der Waals surface area contributed by atoms with Crippen molar-refractivity contribution in [1.29, 1.82) is 15.8 Å². The van der Waals surface area contributed by atoms with E-state index in [1.807, 2.05) is 18.2 Å². The summed E-state index contributed by atoms with van der Waals surface area (Å²) >= 11 is 0. The van der Waals surface area contributed by atoms with Gasteiger partial charge in [0.25, 0.3) is 5.69 Å². The van der Waals surface area contributed by atoms with Crippen LogP contribution in [0.1, 0.15) is 30.7 Å². The number of nitrogens with two attached hydrogens (primary N) is 1. The fourth-order valence-corrected chi connectivity index (χ4v) is 4.08. The summed E-state index contributed by atoms with van der Waals surface area (Å²) in [6.07, 6.45) is 4.26. The minimum atomic E-state index is -1.74. The molecule has 2 aliphatic rings. The zero-order chi connectivity index (χ0) is 18.9. The van der Waals surface area contributed by atoms with Crippen molar-refractivity contribution in [3.8, 4) is 18.2 Å². The predicted octanol–water partition coefficient (Wildman–Crippen LogP) is 3.19. The molecule has 1 aromatic carbocycles. The largest absolute Gasteiger partial charge is 0.399 e. The van der Waals surface area contributed by atoms with Gasteiger partial charge in [-0.3, -0.25) is 10.1 Å². The van der Waals surface area contributed by atoms with Gasteiger partial charge in [0, 0.05) is 18.1 Å². The van der Waals surface area contributed by atoms with Crippen molar-refractivity contribution in [2.75, 3.05) is 0 Å². The van der Waals surface area contributed by atoms with Gasteiger partial charge in [0.15, 0.2) is 5.41 Å². The highest BCUT2D eigenvalue weighted by Gasteiger charge is 2.53. The van der Waals surface area contributed by atoms with Crippen LogP contribution < -0.4 is 5.73 Å². The van der Waals surface area contributed by atoms with Crippen LogP contribution in [0, 0.1) is 55.4 Å². The van der Waals surface area contributed by atoms with E-state index >= 15 is 0 Å². The van der Waals surface area contributed by atoms with E-state index in [2.05, 4.69) is 6.07 Å². The maximum absolute atomic E-state index is 11.2. The Bertz CT molecular complexity index is 957. The number of nitrogens with zero attached hydrogens (tertiary/aromatic N) is 4. The number of benzene rings is 1. The standard InChI is InChI=1S/C19H15N5O2/c20-9-16-14-6-1-2-7-15(14)17(19(10-21,11-22)18(16)23)12-4-3-5-13(8-12)24(25)26/h3-6,8,15,17H,1-2,7,23H2. The van der Waals surface area contributed by atoms with Gasteiger partial charge in [-0.05, 0) is 36.3 Å². The van der Waals surface area contributed by atoms with Crippen LogP contribution in [0.5, 0.6) is 0 Å². The number of hydrogen-bond donors (Lipinski definition) is 1. The molecule has 2 N–H and O–H groups in total. The van der Waals surface area contributed by atoms with Crippen LogP contribution >= 0.6 is 0 Å². The van der Waals surface area contributed by atoms with E-state index in [-0.39, 0.29) is 22.9 Å². The average molecular weight is 345 g/mol. The van der Waals surface area contributed by atoms with Crippen LogP contribution in [0.2, 0.25) is 0 Å². The van der Waals surface area contributed by atoms with E-state index in [0.717, 1.165) is 18.4 Å². The quantitative estimate of drug-likeness (QED) is 0.644. The van der Waals surface area contributed by atoms with Crippen molar-refractivity contribution in [2.24, 2.45) is 17.1 Å². The van der Waals surface area contributed by atoms with Crippen LogP contribution in [0.4, 0.5) is 5.69 Å². The SMILES string of the molecule is N#CC1=C(N)C(C#N)(C#N)C(c2cccc([N+](=O)[O-])c2)C2CCCC=C12. The van der Waals surface area contributed by atoms with Crippen LogP contribution in [-0.4, -0.2) is 4.92 Å². The minimum Gasteiger partial charge on any atom is -0.399 e. The Kier molecular flexibility index (Phi) is 4.20. The molecular formula is C19H15N5O2. The van der Waals surface area contributed by atoms with Crippen molar-refractivity contribution in [1.82, 2.24) is 0 Å². The second-order valence-electron chi connectivity index (χ2n) is 6.46. The van der Waals surface area contributed by atoms with E-state index < -0.39 is 16.3 Å². The molecule has 2 aliphatic carbocycles. The fraction of sp³-hybridized carbons (Fsp3) is 0.316. The smallest absolute Gasteiger partial charge is 0.269 e. The number of fused-ring (bicyclic) bond motifs is 1. The number of hydrogen-bond acceptors (Lipinski definition) is 6. The molecule has 128 valence electrons. The topological polar surface area (TPSA) is 141 Å². The molecular weight excluding hydrogens is 330 g/mol. The average Bonchev–Trinajstić information content (AvgIpc) is 2.67. The highest BCUT2D eigenvalue weighted by atomic mass is 16.6. The third-order valence-corrected chi connectivity index (χ3v) is 5.24. The summed E-state index contributed by atoms with van der Waals surface area (Å²) in [6, 6.07) is 12.1. The lowest BCUT2D eigenvalue weighted by molar-refractivity contribution is -0.384. The Balaban J connectivity index is 2.32. The molecule has 1 aromatic rings. The summed E-state index contributed by atoms with van der Waals surface area (Å²) in [5.74, 6) is -0.923. The van der Waals surface area contributed by atoms with Crippen molar-refractivity contribution >= 4 is 5.69 Å². The van der Waals surface area contributed by atoms with Crippen molar-refractivity contribution < 1.29 is 4.92 Å². The molecule has 0 bridgehead atoms. The van der Waals surface area contributed by atoms with Gasteiger partial charge in [0.1, 0.15) is 6.07 Å². The molecule has 0 amide bonds. The number of nitriles is 3. The number of non-ortho nitro benzene ring substituents is 1. The monoisotopic (exact) mass is 345 g/mol. The Morgan fingerprint density at radius 1 is 1.27 bits per heavy atom. The first-order valence-corrected chi connectivity index (χ1v) is 8.17. The fourth-order valence-electron chi connectivity index (χ4n) is 4.08. The summed E-state index contributed by atoms with van der Waals surface area (Å²) in [5, 5.41) is 40.5. The van der Waals surface area contributed by atoms with Gasteiger partial charge in [0.2, 0.25) is 0 Å². The zero-order valence-electron chi connectivity index (χ0n) is 13.8. The molecule has 0 saturated carbocycles. The third-order valence-electron chi connectivity index (χ3n) is 5.24. The molecule has 2 unspecified atom stereocenters. The van der Waals surface area contributed by atoms with Crippen LogP contribution in [0.3, 0.4) is 0 Å². The lowest BCUT2D eigenvalue weighted by atomic mass is 9.57. The highest BCUT2D eigenvalue weighted by molar-refractivity contribution is 5.59. The Hall–Kier alpha value is -3.63. The molecule has 0 radical (unpaired) electrons. The van der Waals surface area contributed by atoms with E-state index in [1.165, 1.54) is 12.1 Å². The molecule has 0 saturated heterocycles. The summed E-state index contributed by atoms with van der Waals surface area (Å²) < 4.78 is 0. The van der Waals surface area contributed by atoms with Crippen molar-refractivity contribution in [3.05, 3.63) is 62.9 Å². The van der Waals surface area contributed by atoms with Crippen LogP contribution in [0.25, 0.3) is 0 Å². The third kappa shape index (κ3) is 2.32. The Morgan fingerprint density at radius 3 is 2.62 bits per heavy atom. The first kappa shape index (κ1) is 17.2. The van der Waals surface area contributed by atoms with Gasteiger partial charge >= 0.3 is 0 Å². The van der Waals surface area contributed by atoms with Gasteiger partial charge in [-0.25, -0.2) is 0 Å². The summed E-state index contributed by atoms with van der Waals surface area (Å²) in [5.41, 5.74) is 5.70. The van der Waals surface area contributed by atoms with Gasteiger partial charge in [-0.2, -0.15) is 15.8 Å². The van der Waals surface area contributed by atoms with Crippen LogP contribution in [-0.2, 0) is 0 Å². The van der Waals surface area contributed by atoms with E-state index in [1.54, 1.807) is 12.1 Å². The number of allylic oxidation sites excluding steroid dienone is 4. The Morgan fingerprint density at radius 2 is 2.00 bits per heavy atom.